The monoisotopic (exact) mass is 444 g/mol. The maximum atomic E-state index is 12.3. The third-order valence-electron chi connectivity index (χ3n) is 4.17. The van der Waals surface area contributed by atoms with Crippen molar-refractivity contribution in [1.82, 2.24) is 4.90 Å². The van der Waals surface area contributed by atoms with Gasteiger partial charge in [0.15, 0.2) is 11.5 Å². The van der Waals surface area contributed by atoms with Gasteiger partial charge in [0.1, 0.15) is 13.2 Å². The number of nitro groups is 1. The zero-order chi connectivity index (χ0) is 22.5. The molecule has 0 aromatic heterocycles. The number of carbonyl (C=O) groups excluding carboxylic acids is 2. The predicted octanol–water partition coefficient (Wildman–Crippen LogP) is 3.30. The Hall–Kier alpha value is -3.86. The van der Waals surface area contributed by atoms with E-state index >= 15 is 0 Å². The van der Waals surface area contributed by atoms with Crippen molar-refractivity contribution in [3.63, 3.8) is 0 Å². The summed E-state index contributed by atoms with van der Waals surface area (Å²) >= 11 is 0.656. The van der Waals surface area contributed by atoms with Crippen LogP contribution in [0.15, 0.2) is 47.4 Å². The first-order valence-corrected chi connectivity index (χ1v) is 9.61. The van der Waals surface area contributed by atoms with Gasteiger partial charge < -0.3 is 14.6 Å². The maximum absolute atomic E-state index is 12.3. The largest absolute Gasteiger partial charge is 0.493 e. The first-order valence-electron chi connectivity index (χ1n) is 8.80. The third-order valence-corrected chi connectivity index (χ3v) is 5.08. The number of benzene rings is 2. The molecule has 0 bridgehead atoms. The lowest BCUT2D eigenvalue weighted by Crippen LogP contribution is -2.33. The van der Waals surface area contributed by atoms with E-state index in [1.807, 2.05) is 0 Å². The fraction of sp³-hybridized carbons (Fsp3) is 0.150. The minimum atomic E-state index is -1.28. The van der Waals surface area contributed by atoms with Crippen LogP contribution < -0.4 is 9.47 Å². The Balaban J connectivity index is 1.76. The maximum Gasteiger partial charge on any atom is 0.323 e. The van der Waals surface area contributed by atoms with Crippen molar-refractivity contribution in [3.05, 3.63) is 68.6 Å². The zero-order valence-electron chi connectivity index (χ0n) is 16.1. The Kier molecular flexibility index (Phi) is 6.55. The van der Waals surface area contributed by atoms with Gasteiger partial charge >= 0.3 is 5.97 Å². The minimum Gasteiger partial charge on any atom is -0.493 e. The Labute approximate surface area is 180 Å². The van der Waals surface area contributed by atoms with Crippen LogP contribution in [0.5, 0.6) is 11.5 Å². The van der Waals surface area contributed by atoms with Crippen molar-refractivity contribution in [2.24, 2.45) is 0 Å². The number of hydrogen-bond donors (Lipinski definition) is 1. The van der Waals surface area contributed by atoms with Crippen molar-refractivity contribution >= 4 is 40.6 Å². The molecule has 1 saturated heterocycles. The molecule has 2 aromatic rings. The first kappa shape index (κ1) is 21.8. The van der Waals surface area contributed by atoms with Crippen LogP contribution >= 0.6 is 11.8 Å². The van der Waals surface area contributed by atoms with Crippen LogP contribution in [0.3, 0.4) is 0 Å². The molecule has 1 aliphatic heterocycles. The summed E-state index contributed by atoms with van der Waals surface area (Å²) in [4.78, 5) is 46.1. The summed E-state index contributed by atoms with van der Waals surface area (Å²) in [6, 6.07) is 10.9. The molecule has 11 heteroatoms. The molecule has 0 atom stereocenters. The number of carbonyl (C=O) groups is 3. The number of carboxylic acids is 1. The van der Waals surface area contributed by atoms with Crippen LogP contribution in [0.1, 0.15) is 11.1 Å². The predicted molar refractivity (Wildman–Crippen MR) is 111 cm³/mol. The van der Waals surface area contributed by atoms with Crippen LogP contribution in [-0.4, -0.2) is 45.7 Å². The summed E-state index contributed by atoms with van der Waals surface area (Å²) in [6.07, 6.45) is 1.46. The molecule has 1 fully saturated rings. The van der Waals surface area contributed by atoms with E-state index in [2.05, 4.69) is 0 Å². The molecular weight excluding hydrogens is 428 g/mol. The second kappa shape index (κ2) is 9.30. The summed E-state index contributed by atoms with van der Waals surface area (Å²) in [5, 5.41) is 19.1. The van der Waals surface area contributed by atoms with Gasteiger partial charge in [-0.3, -0.25) is 29.4 Å². The number of carboxylic acid groups (broad SMARTS) is 1. The van der Waals surface area contributed by atoms with E-state index in [1.54, 1.807) is 30.3 Å². The standard InChI is InChI=1S/C20H16N2O8S/c1-29-16-8-12(9-17-19(25)21(10-18(23)24)20(26)31-17)5-6-15(16)30-11-13-3-2-4-14(7-13)22(27)28/h2-9H,10-11H2,1H3,(H,23,24)/b17-9+. The van der Waals surface area contributed by atoms with Gasteiger partial charge in [0, 0.05) is 12.1 Å². The van der Waals surface area contributed by atoms with Crippen molar-refractivity contribution in [1.29, 1.82) is 0 Å². The van der Waals surface area contributed by atoms with E-state index in [9.17, 15) is 24.5 Å². The molecule has 1 heterocycles. The topological polar surface area (TPSA) is 136 Å². The van der Waals surface area contributed by atoms with Crippen LogP contribution in [0.25, 0.3) is 6.08 Å². The van der Waals surface area contributed by atoms with E-state index < -0.39 is 28.6 Å². The normalized spacial score (nSPS) is 14.7. The molecule has 31 heavy (non-hydrogen) atoms. The van der Waals surface area contributed by atoms with E-state index in [-0.39, 0.29) is 17.2 Å². The fourth-order valence-electron chi connectivity index (χ4n) is 2.74. The number of rotatable bonds is 8. The smallest absolute Gasteiger partial charge is 0.323 e. The number of amides is 2. The highest BCUT2D eigenvalue weighted by molar-refractivity contribution is 8.18. The molecule has 0 spiro atoms. The zero-order valence-corrected chi connectivity index (χ0v) is 17.0. The number of thioether (sulfide) groups is 1. The van der Waals surface area contributed by atoms with Crippen LogP contribution in [0.2, 0.25) is 0 Å². The molecule has 10 nitrogen and oxygen atoms in total. The fourth-order valence-corrected chi connectivity index (χ4v) is 3.58. The SMILES string of the molecule is COc1cc(/C=C2/SC(=O)N(CC(=O)O)C2=O)ccc1OCc1cccc([N+](=O)[O-])c1. The molecule has 160 valence electrons. The summed E-state index contributed by atoms with van der Waals surface area (Å²) in [5.74, 6) is -1.23. The molecule has 0 radical (unpaired) electrons. The van der Waals surface area contributed by atoms with Crippen molar-refractivity contribution in [2.75, 3.05) is 13.7 Å². The second-order valence-corrected chi connectivity index (χ2v) is 7.28. The Bertz CT molecular complexity index is 1100. The van der Waals surface area contributed by atoms with Crippen LogP contribution in [-0.2, 0) is 16.2 Å². The number of non-ortho nitro benzene ring substituents is 1. The van der Waals surface area contributed by atoms with E-state index in [0.29, 0.717) is 39.3 Å². The first-order chi connectivity index (χ1) is 14.8. The van der Waals surface area contributed by atoms with Gasteiger partial charge in [-0.25, -0.2) is 0 Å². The van der Waals surface area contributed by atoms with Crippen LogP contribution in [0.4, 0.5) is 10.5 Å². The van der Waals surface area contributed by atoms with Gasteiger partial charge in [0.25, 0.3) is 16.8 Å². The highest BCUT2D eigenvalue weighted by Crippen LogP contribution is 2.34. The molecule has 2 aromatic carbocycles. The highest BCUT2D eigenvalue weighted by Gasteiger charge is 2.36. The Morgan fingerprint density at radius 1 is 1.23 bits per heavy atom. The molecule has 0 saturated carbocycles. The lowest BCUT2D eigenvalue weighted by molar-refractivity contribution is -0.384. The minimum absolute atomic E-state index is 0.0414. The Morgan fingerprint density at radius 2 is 2.00 bits per heavy atom. The quantitative estimate of drug-likeness (QED) is 0.369. The molecular formula is C20H16N2O8S. The van der Waals surface area contributed by atoms with Crippen molar-refractivity contribution in [2.45, 2.75) is 6.61 Å². The number of imide groups is 1. The molecule has 1 N–H and O–H groups in total. The number of nitro benzene ring substituents is 1. The lowest BCUT2D eigenvalue weighted by atomic mass is 10.1. The number of ether oxygens (including phenoxy) is 2. The number of methoxy groups -OCH3 is 1. The second-order valence-electron chi connectivity index (χ2n) is 6.29. The van der Waals surface area contributed by atoms with E-state index in [1.165, 1.54) is 25.3 Å². The third kappa shape index (κ3) is 5.20. The number of nitrogens with zero attached hydrogens (tertiary/aromatic N) is 2. The summed E-state index contributed by atoms with van der Waals surface area (Å²) < 4.78 is 11.0. The average molecular weight is 444 g/mol. The summed E-state index contributed by atoms with van der Waals surface area (Å²) in [7, 11) is 1.43. The number of hydrogen-bond acceptors (Lipinski definition) is 8. The van der Waals surface area contributed by atoms with Gasteiger partial charge in [0.2, 0.25) is 0 Å². The Morgan fingerprint density at radius 3 is 2.68 bits per heavy atom. The van der Waals surface area contributed by atoms with Crippen molar-refractivity contribution in [3.8, 4) is 11.5 Å². The molecule has 3 rings (SSSR count). The highest BCUT2D eigenvalue weighted by atomic mass is 32.2. The van der Waals surface area contributed by atoms with Crippen LogP contribution in [0, 0.1) is 10.1 Å². The molecule has 0 unspecified atom stereocenters. The van der Waals surface area contributed by atoms with E-state index in [4.69, 9.17) is 14.6 Å². The van der Waals surface area contributed by atoms with E-state index in [0.717, 1.165) is 0 Å². The van der Waals surface area contributed by atoms with Crippen molar-refractivity contribution < 1.29 is 33.9 Å². The van der Waals surface area contributed by atoms with Gasteiger partial charge in [-0.2, -0.15) is 0 Å². The molecule has 2 amide bonds. The molecule has 1 aliphatic rings. The van der Waals surface area contributed by atoms with Gasteiger partial charge in [-0.05, 0) is 41.1 Å². The van der Waals surface area contributed by atoms with Gasteiger partial charge in [-0.15, -0.1) is 0 Å². The summed E-state index contributed by atoms with van der Waals surface area (Å²) in [6.45, 7) is -0.624. The summed E-state index contributed by atoms with van der Waals surface area (Å²) in [5.41, 5.74) is 1.10. The van der Waals surface area contributed by atoms with Gasteiger partial charge in [-0.1, -0.05) is 18.2 Å². The van der Waals surface area contributed by atoms with Gasteiger partial charge in [0.05, 0.1) is 16.9 Å². The lowest BCUT2D eigenvalue weighted by Gasteiger charge is -2.11. The molecule has 0 aliphatic carbocycles. The average Bonchev–Trinajstić information content (AvgIpc) is 2.99. The number of aliphatic carboxylic acids is 1.